The minimum absolute atomic E-state index is 0.185. The zero-order valence-corrected chi connectivity index (χ0v) is 14.3. The summed E-state index contributed by atoms with van der Waals surface area (Å²) >= 11 is 0. The number of rotatable bonds is 5. The predicted molar refractivity (Wildman–Crippen MR) is 90.8 cm³/mol. The summed E-state index contributed by atoms with van der Waals surface area (Å²) < 4.78 is 5.37. The van der Waals surface area contributed by atoms with Crippen molar-refractivity contribution in [1.82, 2.24) is 25.4 Å². The van der Waals surface area contributed by atoms with Gasteiger partial charge in [-0.2, -0.15) is 4.98 Å². The van der Waals surface area contributed by atoms with Crippen LogP contribution in [0, 0.1) is 0 Å². The van der Waals surface area contributed by atoms with Crippen molar-refractivity contribution in [2.45, 2.75) is 32.2 Å². The largest absolute Gasteiger partial charge is 0.340 e. The lowest BCUT2D eigenvalue weighted by Crippen LogP contribution is -2.41. The highest BCUT2D eigenvalue weighted by Gasteiger charge is 2.30. The number of amides is 1. The van der Waals surface area contributed by atoms with Crippen LogP contribution in [0.5, 0.6) is 0 Å². The van der Waals surface area contributed by atoms with E-state index < -0.39 is 5.54 Å². The number of carbonyl (C=O) groups excluding carboxylic acids is 1. The molecule has 128 valence electrons. The average Bonchev–Trinajstić information content (AvgIpc) is 3.13. The molecule has 1 unspecified atom stereocenters. The number of aromatic nitrogens is 4. The van der Waals surface area contributed by atoms with Gasteiger partial charge in [0.05, 0.1) is 17.2 Å². The van der Waals surface area contributed by atoms with Crippen LogP contribution in [0.1, 0.15) is 54.5 Å². The molecule has 0 bridgehead atoms. The van der Waals surface area contributed by atoms with E-state index in [9.17, 15) is 4.79 Å². The second kappa shape index (κ2) is 6.80. The maximum atomic E-state index is 12.4. The minimum Gasteiger partial charge on any atom is -0.340 e. The standard InChI is InChI=1S/C18H19N5O2/c1-12(14-11-19-9-10-20-14)16-21-17(23-25-16)18(2,3)22-15(24)13-7-5-4-6-8-13/h4-12H,1-3H3,(H,22,24). The Labute approximate surface area is 145 Å². The Morgan fingerprint density at radius 1 is 1.20 bits per heavy atom. The Hall–Kier alpha value is -3.09. The van der Waals surface area contributed by atoms with E-state index in [1.54, 1.807) is 30.7 Å². The molecule has 7 heteroatoms. The topological polar surface area (TPSA) is 93.8 Å². The zero-order valence-electron chi connectivity index (χ0n) is 14.3. The number of nitrogens with one attached hydrogen (secondary N) is 1. The number of carbonyl (C=O) groups is 1. The smallest absolute Gasteiger partial charge is 0.252 e. The van der Waals surface area contributed by atoms with Gasteiger partial charge < -0.3 is 9.84 Å². The summed E-state index contributed by atoms with van der Waals surface area (Å²) in [4.78, 5) is 25.1. The molecule has 2 heterocycles. The van der Waals surface area contributed by atoms with E-state index in [2.05, 4.69) is 25.4 Å². The molecule has 0 fully saturated rings. The third-order valence-corrected chi connectivity index (χ3v) is 3.86. The van der Waals surface area contributed by atoms with Gasteiger partial charge in [-0.3, -0.25) is 14.8 Å². The fourth-order valence-corrected chi connectivity index (χ4v) is 2.33. The molecule has 1 aromatic carbocycles. The quantitative estimate of drug-likeness (QED) is 0.769. The fourth-order valence-electron chi connectivity index (χ4n) is 2.33. The molecule has 7 nitrogen and oxygen atoms in total. The van der Waals surface area contributed by atoms with Gasteiger partial charge in [0.2, 0.25) is 5.89 Å². The second-order valence-corrected chi connectivity index (χ2v) is 6.25. The van der Waals surface area contributed by atoms with E-state index in [0.29, 0.717) is 17.3 Å². The average molecular weight is 337 g/mol. The third-order valence-electron chi connectivity index (χ3n) is 3.86. The van der Waals surface area contributed by atoms with Crippen LogP contribution in [-0.4, -0.2) is 26.0 Å². The number of benzene rings is 1. The van der Waals surface area contributed by atoms with Crippen molar-refractivity contribution in [3.8, 4) is 0 Å². The minimum atomic E-state index is -0.781. The molecule has 0 aliphatic rings. The number of nitrogens with zero attached hydrogens (tertiary/aromatic N) is 4. The highest BCUT2D eigenvalue weighted by molar-refractivity contribution is 5.94. The van der Waals surface area contributed by atoms with Crippen LogP contribution in [0.25, 0.3) is 0 Å². The number of hydrogen-bond acceptors (Lipinski definition) is 6. The molecule has 0 aliphatic heterocycles. The van der Waals surface area contributed by atoms with E-state index in [0.717, 1.165) is 5.69 Å². The van der Waals surface area contributed by atoms with Gasteiger partial charge in [-0.05, 0) is 32.9 Å². The van der Waals surface area contributed by atoms with Crippen molar-refractivity contribution < 1.29 is 9.32 Å². The SMILES string of the molecule is CC(c1cnccn1)c1nc(C(C)(C)NC(=O)c2ccccc2)no1. The lowest BCUT2D eigenvalue weighted by atomic mass is 10.0. The lowest BCUT2D eigenvalue weighted by Gasteiger charge is -2.22. The Morgan fingerprint density at radius 2 is 1.96 bits per heavy atom. The first-order valence-electron chi connectivity index (χ1n) is 7.95. The first-order valence-corrected chi connectivity index (χ1v) is 7.95. The summed E-state index contributed by atoms with van der Waals surface area (Å²) in [6.45, 7) is 5.57. The summed E-state index contributed by atoms with van der Waals surface area (Å²) in [5.74, 6) is 0.453. The molecule has 1 amide bonds. The fraction of sp³-hybridized carbons (Fsp3) is 0.278. The molecule has 1 atom stereocenters. The summed E-state index contributed by atoms with van der Waals surface area (Å²) in [6.07, 6.45) is 4.89. The van der Waals surface area contributed by atoms with E-state index in [4.69, 9.17) is 4.52 Å². The van der Waals surface area contributed by atoms with E-state index >= 15 is 0 Å². The Balaban J connectivity index is 1.77. The van der Waals surface area contributed by atoms with Crippen LogP contribution >= 0.6 is 0 Å². The highest BCUT2D eigenvalue weighted by Crippen LogP contribution is 2.24. The molecule has 3 aromatic rings. The van der Waals surface area contributed by atoms with Crippen LogP contribution in [0.4, 0.5) is 0 Å². The van der Waals surface area contributed by atoms with Gasteiger partial charge in [0, 0.05) is 24.2 Å². The van der Waals surface area contributed by atoms with Crippen molar-refractivity contribution in [3.05, 3.63) is 71.9 Å². The van der Waals surface area contributed by atoms with Crippen LogP contribution in [0.2, 0.25) is 0 Å². The van der Waals surface area contributed by atoms with Gasteiger partial charge in [-0.1, -0.05) is 23.4 Å². The molecule has 0 saturated carbocycles. The van der Waals surface area contributed by atoms with Crippen LogP contribution < -0.4 is 5.32 Å². The maximum Gasteiger partial charge on any atom is 0.252 e. The monoisotopic (exact) mass is 337 g/mol. The first kappa shape index (κ1) is 16.8. The molecular weight excluding hydrogens is 318 g/mol. The molecular formula is C18H19N5O2. The van der Waals surface area contributed by atoms with Crippen LogP contribution in [-0.2, 0) is 5.54 Å². The van der Waals surface area contributed by atoms with Crippen LogP contribution in [0.15, 0.2) is 53.4 Å². The number of hydrogen-bond donors (Lipinski definition) is 1. The molecule has 0 radical (unpaired) electrons. The zero-order chi connectivity index (χ0) is 17.9. The van der Waals surface area contributed by atoms with E-state index in [1.165, 1.54) is 0 Å². The van der Waals surface area contributed by atoms with Gasteiger partial charge >= 0.3 is 0 Å². The molecule has 25 heavy (non-hydrogen) atoms. The Kier molecular flexibility index (Phi) is 4.56. The van der Waals surface area contributed by atoms with Gasteiger partial charge in [0.1, 0.15) is 0 Å². The summed E-state index contributed by atoms with van der Waals surface area (Å²) in [5, 5.41) is 6.96. The summed E-state index contributed by atoms with van der Waals surface area (Å²) in [6, 6.07) is 9.00. The lowest BCUT2D eigenvalue weighted by molar-refractivity contribution is 0.0907. The van der Waals surface area contributed by atoms with E-state index in [1.807, 2.05) is 39.0 Å². The van der Waals surface area contributed by atoms with Crippen LogP contribution in [0.3, 0.4) is 0 Å². The maximum absolute atomic E-state index is 12.4. The highest BCUT2D eigenvalue weighted by atomic mass is 16.5. The van der Waals surface area contributed by atoms with Crippen molar-refractivity contribution in [2.75, 3.05) is 0 Å². The Morgan fingerprint density at radius 3 is 2.64 bits per heavy atom. The molecule has 2 aromatic heterocycles. The van der Waals surface area contributed by atoms with Gasteiger partial charge in [0.15, 0.2) is 5.82 Å². The molecule has 0 aliphatic carbocycles. The molecule has 1 N–H and O–H groups in total. The second-order valence-electron chi connectivity index (χ2n) is 6.25. The molecule has 0 spiro atoms. The van der Waals surface area contributed by atoms with Crippen molar-refractivity contribution in [3.63, 3.8) is 0 Å². The first-order chi connectivity index (χ1) is 12.0. The summed E-state index contributed by atoms with van der Waals surface area (Å²) in [5.41, 5.74) is 0.535. The summed E-state index contributed by atoms with van der Waals surface area (Å²) in [7, 11) is 0. The van der Waals surface area contributed by atoms with Crippen molar-refractivity contribution in [2.24, 2.45) is 0 Å². The van der Waals surface area contributed by atoms with Crippen molar-refractivity contribution in [1.29, 1.82) is 0 Å². The normalized spacial score (nSPS) is 12.6. The predicted octanol–water partition coefficient (Wildman–Crippen LogP) is 2.68. The van der Waals surface area contributed by atoms with Crippen molar-refractivity contribution >= 4 is 5.91 Å². The third kappa shape index (κ3) is 3.71. The molecule has 0 saturated heterocycles. The van der Waals surface area contributed by atoms with Gasteiger partial charge in [-0.15, -0.1) is 0 Å². The van der Waals surface area contributed by atoms with Gasteiger partial charge in [-0.25, -0.2) is 0 Å². The molecule has 3 rings (SSSR count). The van der Waals surface area contributed by atoms with Gasteiger partial charge in [0.25, 0.3) is 5.91 Å². The van der Waals surface area contributed by atoms with E-state index in [-0.39, 0.29) is 11.8 Å². The Bertz CT molecular complexity index is 846.